The Hall–Kier alpha value is -2.82. The van der Waals surface area contributed by atoms with Gasteiger partial charge in [-0.3, -0.25) is 9.69 Å². The van der Waals surface area contributed by atoms with Crippen LogP contribution in [0.15, 0.2) is 54.6 Å². The van der Waals surface area contributed by atoms with E-state index >= 15 is 0 Å². The Morgan fingerprint density at radius 2 is 1.79 bits per heavy atom. The predicted octanol–water partition coefficient (Wildman–Crippen LogP) is 4.45. The SMILES string of the molecule is CCCN(C(=O)Oc1cccc(NC(=O)CC)c1)c1ccccc1. The average molecular weight is 326 g/mol. The van der Waals surface area contributed by atoms with Crippen molar-refractivity contribution in [3.05, 3.63) is 54.6 Å². The van der Waals surface area contributed by atoms with Crippen molar-refractivity contribution in [2.45, 2.75) is 26.7 Å². The number of carbonyl (C=O) groups excluding carboxylic acids is 2. The highest BCUT2D eigenvalue weighted by Crippen LogP contribution is 2.21. The molecule has 5 nitrogen and oxygen atoms in total. The summed E-state index contributed by atoms with van der Waals surface area (Å²) in [4.78, 5) is 25.6. The molecule has 2 rings (SSSR count). The third-order valence-electron chi connectivity index (χ3n) is 3.38. The second-order valence-corrected chi connectivity index (χ2v) is 5.28. The van der Waals surface area contributed by atoms with Crippen LogP contribution in [0.4, 0.5) is 16.2 Å². The molecule has 0 spiro atoms. The molecule has 126 valence electrons. The van der Waals surface area contributed by atoms with Crippen molar-refractivity contribution >= 4 is 23.4 Å². The van der Waals surface area contributed by atoms with Crippen molar-refractivity contribution in [1.29, 1.82) is 0 Å². The van der Waals surface area contributed by atoms with Gasteiger partial charge in [0.25, 0.3) is 0 Å². The lowest BCUT2D eigenvalue weighted by molar-refractivity contribution is -0.115. The van der Waals surface area contributed by atoms with Gasteiger partial charge in [0.1, 0.15) is 5.75 Å². The molecule has 0 bridgehead atoms. The van der Waals surface area contributed by atoms with Gasteiger partial charge < -0.3 is 10.1 Å². The maximum absolute atomic E-state index is 12.5. The number of amides is 2. The first-order chi connectivity index (χ1) is 11.6. The topological polar surface area (TPSA) is 58.6 Å². The number of rotatable bonds is 6. The van der Waals surface area contributed by atoms with Gasteiger partial charge in [0, 0.05) is 30.4 Å². The summed E-state index contributed by atoms with van der Waals surface area (Å²) in [6.45, 7) is 4.35. The summed E-state index contributed by atoms with van der Waals surface area (Å²) in [6.07, 6.45) is 0.765. The first kappa shape index (κ1) is 17.5. The third-order valence-corrected chi connectivity index (χ3v) is 3.38. The van der Waals surface area contributed by atoms with Crippen molar-refractivity contribution in [2.24, 2.45) is 0 Å². The first-order valence-electron chi connectivity index (χ1n) is 8.08. The number of ether oxygens (including phenoxy) is 1. The zero-order valence-electron chi connectivity index (χ0n) is 14.0. The number of hydrogen-bond acceptors (Lipinski definition) is 3. The van der Waals surface area contributed by atoms with E-state index in [9.17, 15) is 9.59 Å². The molecule has 0 aliphatic rings. The third kappa shape index (κ3) is 4.84. The Morgan fingerprint density at radius 3 is 2.46 bits per heavy atom. The number of nitrogens with one attached hydrogen (secondary N) is 1. The molecule has 0 radical (unpaired) electrons. The van der Waals surface area contributed by atoms with Crippen LogP contribution in [0, 0.1) is 0 Å². The van der Waals surface area contributed by atoms with Gasteiger partial charge >= 0.3 is 6.09 Å². The molecule has 0 aliphatic heterocycles. The Kier molecular flexibility index (Phi) is 6.37. The molecule has 0 unspecified atom stereocenters. The maximum Gasteiger partial charge on any atom is 0.419 e. The molecule has 0 aromatic heterocycles. The van der Waals surface area contributed by atoms with Crippen molar-refractivity contribution in [1.82, 2.24) is 0 Å². The normalized spacial score (nSPS) is 10.1. The van der Waals surface area contributed by atoms with E-state index in [4.69, 9.17) is 4.74 Å². The standard InChI is InChI=1S/C19H22N2O3/c1-3-13-21(16-10-6-5-7-11-16)19(23)24-17-12-8-9-15(14-17)20-18(22)4-2/h5-12,14H,3-4,13H2,1-2H3,(H,20,22). The second-order valence-electron chi connectivity index (χ2n) is 5.28. The fourth-order valence-corrected chi connectivity index (χ4v) is 2.20. The molecule has 0 saturated heterocycles. The minimum Gasteiger partial charge on any atom is -0.410 e. The Bertz CT molecular complexity index is 686. The van der Waals surface area contributed by atoms with Crippen LogP contribution in [0.5, 0.6) is 5.75 Å². The lowest BCUT2D eigenvalue weighted by Gasteiger charge is -2.21. The fourth-order valence-electron chi connectivity index (χ4n) is 2.20. The van der Waals surface area contributed by atoms with Crippen LogP contribution in [0.2, 0.25) is 0 Å². The molecule has 24 heavy (non-hydrogen) atoms. The van der Waals surface area contributed by atoms with E-state index in [1.165, 1.54) is 0 Å². The number of anilines is 2. The molecule has 0 atom stereocenters. The molecule has 1 N–H and O–H groups in total. The summed E-state index contributed by atoms with van der Waals surface area (Å²) in [6, 6.07) is 16.2. The quantitative estimate of drug-likeness (QED) is 0.853. The molecule has 0 heterocycles. The van der Waals surface area contributed by atoms with E-state index in [1.807, 2.05) is 37.3 Å². The first-order valence-corrected chi connectivity index (χ1v) is 8.08. The van der Waals surface area contributed by atoms with Gasteiger partial charge in [-0.1, -0.05) is 38.1 Å². The van der Waals surface area contributed by atoms with Crippen molar-refractivity contribution in [2.75, 3.05) is 16.8 Å². The molecular weight excluding hydrogens is 304 g/mol. The zero-order chi connectivity index (χ0) is 17.4. The molecule has 5 heteroatoms. The zero-order valence-corrected chi connectivity index (χ0v) is 14.0. The van der Waals surface area contributed by atoms with Gasteiger partial charge in [-0.05, 0) is 30.7 Å². The van der Waals surface area contributed by atoms with Crippen molar-refractivity contribution < 1.29 is 14.3 Å². The number of para-hydroxylation sites is 1. The molecular formula is C19H22N2O3. The van der Waals surface area contributed by atoms with Crippen LogP contribution in [0.25, 0.3) is 0 Å². The van der Waals surface area contributed by atoms with Gasteiger partial charge in [-0.2, -0.15) is 0 Å². The van der Waals surface area contributed by atoms with Crippen LogP contribution >= 0.6 is 0 Å². The van der Waals surface area contributed by atoms with E-state index < -0.39 is 6.09 Å². The predicted molar refractivity (Wildman–Crippen MR) is 95.5 cm³/mol. The van der Waals surface area contributed by atoms with Gasteiger partial charge in [0.05, 0.1) is 0 Å². The number of nitrogens with zero attached hydrogens (tertiary/aromatic N) is 1. The molecule has 0 saturated carbocycles. The molecule has 0 fully saturated rings. The lowest BCUT2D eigenvalue weighted by atomic mass is 10.3. The number of hydrogen-bond donors (Lipinski definition) is 1. The minimum absolute atomic E-state index is 0.0876. The van der Waals surface area contributed by atoms with E-state index in [0.717, 1.165) is 12.1 Å². The lowest BCUT2D eigenvalue weighted by Crippen LogP contribution is -2.34. The highest BCUT2D eigenvalue weighted by molar-refractivity contribution is 5.91. The summed E-state index contributed by atoms with van der Waals surface area (Å²) in [5.41, 5.74) is 1.40. The van der Waals surface area contributed by atoms with E-state index in [2.05, 4.69) is 5.32 Å². The van der Waals surface area contributed by atoms with Gasteiger partial charge in [0.2, 0.25) is 5.91 Å². The Balaban J connectivity index is 2.12. The van der Waals surface area contributed by atoms with Crippen LogP contribution < -0.4 is 15.0 Å². The van der Waals surface area contributed by atoms with Crippen molar-refractivity contribution in [3.63, 3.8) is 0 Å². The monoisotopic (exact) mass is 326 g/mol. The minimum atomic E-state index is -0.443. The Morgan fingerprint density at radius 1 is 1.04 bits per heavy atom. The highest BCUT2D eigenvalue weighted by Gasteiger charge is 2.17. The maximum atomic E-state index is 12.5. The van der Waals surface area contributed by atoms with E-state index in [0.29, 0.717) is 24.4 Å². The molecule has 2 aromatic carbocycles. The van der Waals surface area contributed by atoms with Gasteiger partial charge in [0.15, 0.2) is 0 Å². The largest absolute Gasteiger partial charge is 0.419 e. The summed E-state index contributed by atoms with van der Waals surface area (Å²) >= 11 is 0. The summed E-state index contributed by atoms with van der Waals surface area (Å²) < 4.78 is 5.48. The average Bonchev–Trinajstić information content (AvgIpc) is 2.60. The second kappa shape index (κ2) is 8.72. The van der Waals surface area contributed by atoms with Gasteiger partial charge in [-0.25, -0.2) is 4.79 Å². The Labute approximate surface area is 142 Å². The molecule has 2 amide bonds. The van der Waals surface area contributed by atoms with Crippen LogP contribution in [-0.2, 0) is 4.79 Å². The molecule has 2 aromatic rings. The van der Waals surface area contributed by atoms with E-state index in [1.54, 1.807) is 36.1 Å². The fraction of sp³-hybridized carbons (Fsp3) is 0.263. The van der Waals surface area contributed by atoms with Crippen LogP contribution in [-0.4, -0.2) is 18.5 Å². The summed E-state index contributed by atoms with van der Waals surface area (Å²) in [5.74, 6) is 0.307. The van der Waals surface area contributed by atoms with Gasteiger partial charge in [-0.15, -0.1) is 0 Å². The number of carbonyl (C=O) groups is 2. The smallest absolute Gasteiger partial charge is 0.410 e. The molecule has 0 aliphatic carbocycles. The van der Waals surface area contributed by atoms with Crippen LogP contribution in [0.1, 0.15) is 26.7 Å². The highest BCUT2D eigenvalue weighted by atomic mass is 16.6. The number of benzene rings is 2. The summed E-state index contributed by atoms with van der Waals surface area (Å²) in [5, 5.41) is 2.75. The van der Waals surface area contributed by atoms with Crippen molar-refractivity contribution in [3.8, 4) is 5.75 Å². The summed E-state index contributed by atoms with van der Waals surface area (Å²) in [7, 11) is 0. The van der Waals surface area contributed by atoms with E-state index in [-0.39, 0.29) is 5.91 Å². The van der Waals surface area contributed by atoms with Crippen LogP contribution in [0.3, 0.4) is 0 Å².